The zero-order chi connectivity index (χ0) is 20.6. The molecule has 0 aromatic carbocycles. The van der Waals surface area contributed by atoms with Crippen molar-refractivity contribution in [2.24, 2.45) is 16.7 Å². The maximum atomic E-state index is 14.6. The molecule has 0 radical (unpaired) electrons. The predicted octanol–water partition coefficient (Wildman–Crippen LogP) is 7.14. The van der Waals surface area contributed by atoms with E-state index in [0.29, 0.717) is 6.42 Å². The van der Waals surface area contributed by atoms with Crippen LogP contribution in [0.5, 0.6) is 0 Å². The summed E-state index contributed by atoms with van der Waals surface area (Å²) in [5, 5.41) is 0. The van der Waals surface area contributed by atoms with Crippen molar-refractivity contribution in [3.05, 3.63) is 47.0 Å². The monoisotopic (exact) mass is 377 g/mol. The second kappa shape index (κ2) is 7.93. The van der Waals surface area contributed by atoms with E-state index in [1.165, 1.54) is 11.3 Å². The third-order valence-electron chi connectivity index (χ3n) is 7.53. The normalized spacial score (nSPS) is 25.3. The van der Waals surface area contributed by atoms with E-state index in [1.807, 2.05) is 6.92 Å². The van der Waals surface area contributed by atoms with E-state index in [1.54, 1.807) is 6.08 Å². The van der Waals surface area contributed by atoms with E-state index >= 15 is 0 Å². The minimum Gasteiger partial charge on any atom is -0.371 e. The SMILES string of the molecule is CCC1C(C(C)(C)C(C)(C)C(C)N(C)C2=CCCC=C2C)=CC(F)=CC1F. The smallest absolute Gasteiger partial charge is 0.128 e. The molecule has 152 valence electrons. The van der Waals surface area contributed by atoms with Gasteiger partial charge in [-0.15, -0.1) is 0 Å². The van der Waals surface area contributed by atoms with Crippen molar-refractivity contribution in [2.75, 3.05) is 7.05 Å². The van der Waals surface area contributed by atoms with Gasteiger partial charge in [0, 0.05) is 24.7 Å². The van der Waals surface area contributed by atoms with Gasteiger partial charge in [0.05, 0.1) is 0 Å². The highest BCUT2D eigenvalue weighted by Crippen LogP contribution is 2.53. The summed E-state index contributed by atoms with van der Waals surface area (Å²) in [5.74, 6) is -0.701. The molecule has 3 unspecified atom stereocenters. The van der Waals surface area contributed by atoms with Gasteiger partial charge in [0.1, 0.15) is 12.0 Å². The molecule has 0 N–H and O–H groups in total. The molecule has 1 nitrogen and oxygen atoms in total. The quantitative estimate of drug-likeness (QED) is 0.475. The van der Waals surface area contributed by atoms with Crippen molar-refractivity contribution in [1.82, 2.24) is 4.90 Å². The van der Waals surface area contributed by atoms with Gasteiger partial charge in [0.2, 0.25) is 0 Å². The van der Waals surface area contributed by atoms with E-state index in [9.17, 15) is 8.78 Å². The molecule has 2 rings (SSSR count). The fourth-order valence-electron chi connectivity index (χ4n) is 4.63. The first-order chi connectivity index (χ1) is 12.4. The van der Waals surface area contributed by atoms with Crippen LogP contribution >= 0.6 is 0 Å². The Balaban J connectivity index is 2.39. The molecule has 3 atom stereocenters. The van der Waals surface area contributed by atoms with Gasteiger partial charge in [-0.1, -0.05) is 52.3 Å². The highest BCUT2D eigenvalue weighted by Gasteiger charge is 2.48. The summed E-state index contributed by atoms with van der Waals surface area (Å²) in [7, 11) is 2.14. The lowest BCUT2D eigenvalue weighted by Gasteiger charge is -2.53. The number of likely N-dealkylation sites (N-methyl/N-ethyl adjacent to an activating group) is 1. The van der Waals surface area contributed by atoms with Gasteiger partial charge in [-0.2, -0.15) is 0 Å². The number of hydrogen-bond acceptors (Lipinski definition) is 1. The zero-order valence-corrected chi connectivity index (χ0v) is 18.4. The van der Waals surface area contributed by atoms with Gasteiger partial charge in [-0.05, 0) is 61.7 Å². The third-order valence-corrected chi connectivity index (χ3v) is 7.53. The fourth-order valence-corrected chi connectivity index (χ4v) is 4.63. The van der Waals surface area contributed by atoms with Crippen molar-refractivity contribution in [3.8, 4) is 0 Å². The molecule has 0 spiro atoms. The molecular weight excluding hydrogens is 340 g/mol. The average Bonchev–Trinajstić information content (AvgIpc) is 2.60. The second-order valence-corrected chi connectivity index (χ2v) is 9.30. The molecule has 2 aliphatic carbocycles. The summed E-state index contributed by atoms with van der Waals surface area (Å²) in [5.41, 5.74) is 2.93. The summed E-state index contributed by atoms with van der Waals surface area (Å²) in [6, 6.07) is 0.200. The van der Waals surface area contributed by atoms with E-state index in [0.717, 1.165) is 24.5 Å². The molecule has 0 heterocycles. The van der Waals surface area contributed by atoms with Crippen LogP contribution in [0.25, 0.3) is 0 Å². The van der Waals surface area contributed by atoms with Crippen molar-refractivity contribution in [1.29, 1.82) is 0 Å². The van der Waals surface area contributed by atoms with Gasteiger partial charge < -0.3 is 4.90 Å². The second-order valence-electron chi connectivity index (χ2n) is 9.30. The first-order valence-electron chi connectivity index (χ1n) is 10.3. The van der Waals surface area contributed by atoms with Crippen LogP contribution in [0.15, 0.2) is 47.0 Å². The zero-order valence-electron chi connectivity index (χ0n) is 18.4. The van der Waals surface area contributed by atoms with E-state index in [4.69, 9.17) is 0 Å². The molecule has 27 heavy (non-hydrogen) atoms. The minimum atomic E-state index is -1.25. The Morgan fingerprint density at radius 1 is 1.19 bits per heavy atom. The molecular formula is C24H37F2N. The highest BCUT2D eigenvalue weighted by molar-refractivity contribution is 5.35. The summed E-state index contributed by atoms with van der Waals surface area (Å²) in [6.45, 7) is 15.1. The fraction of sp³-hybridized carbons (Fsp3) is 0.667. The Kier molecular flexibility index (Phi) is 6.44. The number of allylic oxidation sites excluding steroid dienone is 7. The summed E-state index contributed by atoms with van der Waals surface area (Å²) >= 11 is 0. The summed E-state index contributed by atoms with van der Waals surface area (Å²) in [4.78, 5) is 2.34. The van der Waals surface area contributed by atoms with Crippen LogP contribution in [0, 0.1) is 16.7 Å². The van der Waals surface area contributed by atoms with Gasteiger partial charge >= 0.3 is 0 Å². The van der Waals surface area contributed by atoms with Crippen molar-refractivity contribution >= 4 is 0 Å². The first kappa shape index (κ1) is 21.9. The standard InChI is InChI=1S/C24H37F2N/c1-9-19-20(14-18(25)15-21(19)26)24(6,7)23(4,5)17(3)27(8)22-13-11-10-12-16(22)2/h12-15,17,19,21H,9-11H2,1-8H3. The lowest BCUT2D eigenvalue weighted by atomic mass is 9.56. The van der Waals surface area contributed by atoms with E-state index in [2.05, 4.69) is 65.6 Å². The Hall–Kier alpha value is -1.38. The predicted molar refractivity (Wildman–Crippen MR) is 112 cm³/mol. The van der Waals surface area contributed by atoms with Crippen molar-refractivity contribution in [2.45, 2.75) is 79.9 Å². The lowest BCUT2D eigenvalue weighted by molar-refractivity contribution is 0.0413. The van der Waals surface area contributed by atoms with Crippen LogP contribution in [0.2, 0.25) is 0 Å². The Labute approximate surface area is 164 Å². The number of rotatable bonds is 6. The maximum Gasteiger partial charge on any atom is 0.128 e. The molecule has 0 saturated heterocycles. The van der Waals surface area contributed by atoms with Crippen LogP contribution in [0.4, 0.5) is 8.78 Å². The molecule has 0 fully saturated rings. The van der Waals surface area contributed by atoms with Gasteiger partial charge in [0.25, 0.3) is 0 Å². The van der Waals surface area contributed by atoms with Crippen LogP contribution < -0.4 is 0 Å². The summed E-state index contributed by atoms with van der Waals surface area (Å²) in [6.07, 6.45) is 8.90. The molecule has 3 heteroatoms. The Morgan fingerprint density at radius 2 is 1.78 bits per heavy atom. The molecule has 0 bridgehead atoms. The van der Waals surface area contributed by atoms with Gasteiger partial charge in [-0.3, -0.25) is 0 Å². The largest absolute Gasteiger partial charge is 0.371 e. The van der Waals surface area contributed by atoms with Crippen molar-refractivity contribution < 1.29 is 8.78 Å². The number of nitrogens with zero attached hydrogens (tertiary/aromatic N) is 1. The maximum absolute atomic E-state index is 14.6. The lowest BCUT2D eigenvalue weighted by Crippen LogP contribution is -2.51. The number of halogens is 2. The molecule has 0 aromatic rings. The molecule has 2 aliphatic rings. The first-order valence-corrected chi connectivity index (χ1v) is 10.3. The van der Waals surface area contributed by atoms with Gasteiger partial charge in [-0.25, -0.2) is 8.78 Å². The topological polar surface area (TPSA) is 3.24 Å². The van der Waals surface area contributed by atoms with Crippen LogP contribution in [0.3, 0.4) is 0 Å². The highest BCUT2D eigenvalue weighted by atomic mass is 19.1. The average molecular weight is 378 g/mol. The van der Waals surface area contributed by atoms with E-state index in [-0.39, 0.29) is 22.8 Å². The molecule has 0 aliphatic heterocycles. The van der Waals surface area contributed by atoms with Crippen LogP contribution in [-0.4, -0.2) is 24.2 Å². The van der Waals surface area contributed by atoms with Crippen LogP contribution in [-0.2, 0) is 0 Å². The third kappa shape index (κ3) is 3.93. The van der Waals surface area contributed by atoms with E-state index < -0.39 is 12.0 Å². The number of hydrogen-bond donors (Lipinski definition) is 0. The van der Waals surface area contributed by atoms with Crippen molar-refractivity contribution in [3.63, 3.8) is 0 Å². The molecule has 0 saturated carbocycles. The van der Waals surface area contributed by atoms with Crippen LogP contribution in [0.1, 0.15) is 67.7 Å². The molecule has 0 aromatic heterocycles. The summed E-state index contributed by atoms with van der Waals surface area (Å²) < 4.78 is 28.7. The number of alkyl halides is 1. The van der Waals surface area contributed by atoms with Gasteiger partial charge in [0.15, 0.2) is 0 Å². The Morgan fingerprint density at radius 3 is 2.33 bits per heavy atom. The minimum absolute atomic E-state index is 0.198. The Bertz CT molecular complexity index is 678. The molecule has 0 amide bonds.